The zero-order valence-corrected chi connectivity index (χ0v) is 17.8. The van der Waals surface area contributed by atoms with E-state index >= 15 is 0 Å². The summed E-state index contributed by atoms with van der Waals surface area (Å²) in [5, 5.41) is 5.91. The summed E-state index contributed by atoms with van der Waals surface area (Å²) >= 11 is 1.55. The number of aromatic nitrogens is 1. The van der Waals surface area contributed by atoms with Gasteiger partial charge >= 0.3 is 0 Å². The number of carbonyl (C=O) groups excluding carboxylic acids is 1. The Hall–Kier alpha value is -2.86. The van der Waals surface area contributed by atoms with Crippen molar-refractivity contribution in [3.63, 3.8) is 0 Å². The van der Waals surface area contributed by atoms with Crippen LogP contribution in [0.2, 0.25) is 0 Å². The fourth-order valence-corrected chi connectivity index (χ4v) is 3.80. The molecule has 1 atom stereocenters. The molecule has 0 aliphatic carbocycles. The molecule has 1 heterocycles. The number of ether oxygens (including phenoxy) is 2. The number of rotatable bonds is 9. The average molecular weight is 411 g/mol. The highest BCUT2D eigenvalue weighted by molar-refractivity contribution is 7.13. The first-order valence-corrected chi connectivity index (χ1v) is 10.7. The van der Waals surface area contributed by atoms with Crippen LogP contribution in [0.15, 0.2) is 53.9 Å². The van der Waals surface area contributed by atoms with Gasteiger partial charge in [-0.05, 0) is 38.5 Å². The van der Waals surface area contributed by atoms with Gasteiger partial charge in [0, 0.05) is 10.9 Å². The number of nitrogens with one attached hydrogen (secondary N) is 1. The number of hydrogen-bond acceptors (Lipinski definition) is 5. The third-order valence-electron chi connectivity index (χ3n) is 4.36. The summed E-state index contributed by atoms with van der Waals surface area (Å²) in [7, 11) is 0. The van der Waals surface area contributed by atoms with Crippen LogP contribution in [-0.4, -0.2) is 24.1 Å². The van der Waals surface area contributed by atoms with Crippen molar-refractivity contribution in [2.45, 2.75) is 33.2 Å². The number of carbonyl (C=O) groups is 1. The SMILES string of the molecule is CCOc1ccc(C(C)NC(=O)Cc2csc(-c3ccccc3)n2)cc1OCC. The van der Waals surface area contributed by atoms with Crippen molar-refractivity contribution in [3.8, 4) is 22.1 Å². The number of benzene rings is 2. The van der Waals surface area contributed by atoms with Crippen molar-refractivity contribution in [1.29, 1.82) is 0 Å². The van der Waals surface area contributed by atoms with Crippen molar-refractivity contribution in [2.75, 3.05) is 13.2 Å². The van der Waals surface area contributed by atoms with E-state index in [0.29, 0.717) is 24.7 Å². The van der Waals surface area contributed by atoms with Crippen LogP contribution < -0.4 is 14.8 Å². The molecule has 5 nitrogen and oxygen atoms in total. The van der Waals surface area contributed by atoms with E-state index in [1.807, 2.05) is 74.7 Å². The van der Waals surface area contributed by atoms with E-state index in [9.17, 15) is 4.79 Å². The Morgan fingerprint density at radius 2 is 1.79 bits per heavy atom. The summed E-state index contributed by atoms with van der Waals surface area (Å²) in [6.45, 7) is 6.96. The Bertz CT molecular complexity index is 940. The fourth-order valence-electron chi connectivity index (χ4n) is 2.98. The number of amides is 1. The summed E-state index contributed by atoms with van der Waals surface area (Å²) < 4.78 is 11.3. The average Bonchev–Trinajstić information content (AvgIpc) is 3.18. The first-order chi connectivity index (χ1) is 14.1. The molecule has 1 aromatic heterocycles. The van der Waals surface area contributed by atoms with Crippen molar-refractivity contribution >= 4 is 17.2 Å². The fraction of sp³-hybridized carbons (Fsp3) is 0.304. The van der Waals surface area contributed by atoms with Crippen LogP contribution in [0, 0.1) is 0 Å². The molecule has 0 saturated carbocycles. The molecule has 152 valence electrons. The second-order valence-corrected chi connectivity index (χ2v) is 7.41. The lowest BCUT2D eigenvalue weighted by molar-refractivity contribution is -0.121. The predicted molar refractivity (Wildman–Crippen MR) is 117 cm³/mol. The molecule has 1 amide bonds. The minimum Gasteiger partial charge on any atom is -0.490 e. The van der Waals surface area contributed by atoms with Crippen LogP contribution in [-0.2, 0) is 11.2 Å². The summed E-state index contributed by atoms with van der Waals surface area (Å²) in [6, 6.07) is 15.6. The maximum absolute atomic E-state index is 12.5. The lowest BCUT2D eigenvalue weighted by Crippen LogP contribution is -2.28. The van der Waals surface area contributed by atoms with Gasteiger partial charge in [-0.15, -0.1) is 11.3 Å². The van der Waals surface area contributed by atoms with Crippen LogP contribution in [0.5, 0.6) is 11.5 Å². The molecule has 1 N–H and O–H groups in total. The van der Waals surface area contributed by atoms with Gasteiger partial charge in [-0.3, -0.25) is 4.79 Å². The van der Waals surface area contributed by atoms with E-state index in [2.05, 4.69) is 10.3 Å². The van der Waals surface area contributed by atoms with E-state index in [1.165, 1.54) is 0 Å². The standard InChI is InChI=1S/C23H26N2O3S/c1-4-27-20-12-11-18(13-21(20)28-5-2)16(3)24-22(26)14-19-15-29-23(25-19)17-9-7-6-8-10-17/h6-13,15-16H,4-5,14H2,1-3H3,(H,24,26). The Balaban J connectivity index is 1.63. The van der Waals surface area contributed by atoms with E-state index in [4.69, 9.17) is 9.47 Å². The van der Waals surface area contributed by atoms with Gasteiger partial charge in [0.25, 0.3) is 0 Å². The first-order valence-electron chi connectivity index (χ1n) is 9.79. The van der Waals surface area contributed by atoms with Crippen LogP contribution >= 0.6 is 11.3 Å². The Labute approximate surface area is 175 Å². The minimum atomic E-state index is -0.149. The van der Waals surface area contributed by atoms with Crippen LogP contribution in [0.3, 0.4) is 0 Å². The zero-order chi connectivity index (χ0) is 20.6. The van der Waals surface area contributed by atoms with E-state index in [-0.39, 0.29) is 18.4 Å². The van der Waals surface area contributed by atoms with Gasteiger partial charge in [0.2, 0.25) is 5.91 Å². The van der Waals surface area contributed by atoms with Gasteiger partial charge < -0.3 is 14.8 Å². The summed E-state index contributed by atoms with van der Waals surface area (Å²) in [5.41, 5.74) is 2.81. The van der Waals surface area contributed by atoms with Crippen molar-refractivity contribution in [1.82, 2.24) is 10.3 Å². The molecule has 0 saturated heterocycles. The molecule has 2 aromatic carbocycles. The molecule has 3 rings (SSSR count). The third-order valence-corrected chi connectivity index (χ3v) is 5.30. The Morgan fingerprint density at radius 1 is 1.07 bits per heavy atom. The lowest BCUT2D eigenvalue weighted by Gasteiger charge is -2.17. The molecule has 0 aliphatic heterocycles. The normalized spacial score (nSPS) is 11.7. The summed E-state index contributed by atoms with van der Waals surface area (Å²) in [5.74, 6) is 1.35. The lowest BCUT2D eigenvalue weighted by atomic mass is 10.1. The van der Waals surface area contributed by atoms with Crippen LogP contribution in [0.25, 0.3) is 10.6 Å². The second-order valence-electron chi connectivity index (χ2n) is 6.55. The van der Waals surface area contributed by atoms with Gasteiger partial charge in [-0.1, -0.05) is 36.4 Å². The summed E-state index contributed by atoms with van der Waals surface area (Å²) in [4.78, 5) is 17.1. The van der Waals surface area contributed by atoms with E-state index in [0.717, 1.165) is 21.8 Å². The van der Waals surface area contributed by atoms with Crippen molar-refractivity contribution in [3.05, 3.63) is 65.2 Å². The molecule has 0 bridgehead atoms. The van der Waals surface area contributed by atoms with Crippen molar-refractivity contribution in [2.24, 2.45) is 0 Å². The maximum Gasteiger partial charge on any atom is 0.226 e. The molecular formula is C23H26N2O3S. The van der Waals surface area contributed by atoms with Crippen molar-refractivity contribution < 1.29 is 14.3 Å². The molecule has 1 unspecified atom stereocenters. The Kier molecular flexibility index (Phi) is 7.25. The second kappa shape index (κ2) is 10.1. The molecular weight excluding hydrogens is 384 g/mol. The van der Waals surface area contributed by atoms with Gasteiger partial charge in [0.1, 0.15) is 5.01 Å². The third kappa shape index (κ3) is 5.57. The van der Waals surface area contributed by atoms with Gasteiger partial charge in [0.05, 0.1) is 31.4 Å². The van der Waals surface area contributed by atoms with Crippen LogP contribution in [0.4, 0.5) is 0 Å². The predicted octanol–water partition coefficient (Wildman–Crippen LogP) is 5.03. The number of thiazole rings is 1. The van der Waals surface area contributed by atoms with E-state index in [1.54, 1.807) is 11.3 Å². The smallest absolute Gasteiger partial charge is 0.226 e. The summed E-state index contributed by atoms with van der Waals surface area (Å²) in [6.07, 6.45) is 0.253. The van der Waals surface area contributed by atoms with Gasteiger partial charge in [-0.2, -0.15) is 0 Å². The molecule has 0 spiro atoms. The van der Waals surface area contributed by atoms with Gasteiger partial charge in [-0.25, -0.2) is 4.98 Å². The highest BCUT2D eigenvalue weighted by Gasteiger charge is 2.15. The minimum absolute atomic E-state index is 0.0609. The first kappa shape index (κ1) is 20.9. The quantitative estimate of drug-likeness (QED) is 0.538. The highest BCUT2D eigenvalue weighted by Crippen LogP contribution is 2.31. The topological polar surface area (TPSA) is 60.5 Å². The number of hydrogen-bond donors (Lipinski definition) is 1. The molecule has 0 radical (unpaired) electrons. The zero-order valence-electron chi connectivity index (χ0n) is 17.0. The maximum atomic E-state index is 12.5. The number of nitrogens with zero attached hydrogens (tertiary/aromatic N) is 1. The molecule has 6 heteroatoms. The van der Waals surface area contributed by atoms with Gasteiger partial charge in [0.15, 0.2) is 11.5 Å². The van der Waals surface area contributed by atoms with Crippen LogP contribution in [0.1, 0.15) is 38.1 Å². The highest BCUT2D eigenvalue weighted by atomic mass is 32.1. The van der Waals surface area contributed by atoms with E-state index < -0.39 is 0 Å². The Morgan fingerprint density at radius 3 is 2.52 bits per heavy atom. The monoisotopic (exact) mass is 410 g/mol. The molecule has 3 aromatic rings. The molecule has 0 aliphatic rings. The molecule has 29 heavy (non-hydrogen) atoms. The largest absolute Gasteiger partial charge is 0.490 e. The molecule has 0 fully saturated rings.